The standard InChI is InChI=1S/C24H20BrFN4OS/c1-15-12-18(25)13-16(2)22(15)27-21(31)14-32-24-29-28-23(17-6-4-3-5-7-17)30(24)20-10-8-19(26)9-11-20/h3-13H,14H2,1-2H3,(H,27,31). The van der Waals surface area contributed by atoms with Crippen LogP contribution in [-0.4, -0.2) is 26.4 Å². The molecule has 0 aliphatic heterocycles. The molecule has 3 aromatic carbocycles. The summed E-state index contributed by atoms with van der Waals surface area (Å²) in [6.07, 6.45) is 0. The molecule has 8 heteroatoms. The van der Waals surface area contributed by atoms with E-state index in [1.807, 2.05) is 60.9 Å². The Kier molecular flexibility index (Phi) is 6.72. The van der Waals surface area contributed by atoms with Crippen LogP contribution in [0.2, 0.25) is 0 Å². The zero-order chi connectivity index (χ0) is 22.7. The fourth-order valence-corrected chi connectivity index (χ4v) is 4.81. The van der Waals surface area contributed by atoms with Crippen molar-refractivity contribution in [3.63, 3.8) is 0 Å². The lowest BCUT2D eigenvalue weighted by Crippen LogP contribution is -2.16. The Morgan fingerprint density at radius 2 is 1.69 bits per heavy atom. The molecule has 1 aromatic heterocycles. The summed E-state index contributed by atoms with van der Waals surface area (Å²) in [7, 11) is 0. The van der Waals surface area contributed by atoms with Crippen molar-refractivity contribution in [2.75, 3.05) is 11.1 Å². The molecule has 4 rings (SSSR count). The average Bonchev–Trinajstić information content (AvgIpc) is 3.20. The van der Waals surface area contributed by atoms with Crippen LogP contribution in [-0.2, 0) is 4.79 Å². The largest absolute Gasteiger partial charge is 0.325 e. The van der Waals surface area contributed by atoms with E-state index in [0.29, 0.717) is 11.0 Å². The first-order valence-electron chi connectivity index (χ1n) is 9.88. The molecule has 0 fully saturated rings. The highest BCUT2D eigenvalue weighted by atomic mass is 79.9. The van der Waals surface area contributed by atoms with E-state index in [9.17, 15) is 9.18 Å². The number of carbonyl (C=O) groups is 1. The molecule has 4 aromatic rings. The number of carbonyl (C=O) groups excluding carboxylic acids is 1. The van der Waals surface area contributed by atoms with Crippen molar-refractivity contribution in [1.82, 2.24) is 14.8 Å². The Balaban J connectivity index is 1.59. The molecular weight excluding hydrogens is 491 g/mol. The molecule has 162 valence electrons. The predicted octanol–water partition coefficient (Wildman–Crippen LogP) is 6.18. The van der Waals surface area contributed by atoms with Gasteiger partial charge < -0.3 is 5.32 Å². The van der Waals surface area contributed by atoms with E-state index >= 15 is 0 Å². The Labute approximate surface area is 198 Å². The number of benzene rings is 3. The summed E-state index contributed by atoms with van der Waals surface area (Å²) in [6.45, 7) is 3.91. The molecular formula is C24H20BrFN4OS. The topological polar surface area (TPSA) is 59.8 Å². The SMILES string of the molecule is Cc1cc(Br)cc(C)c1NC(=O)CSc1nnc(-c2ccccc2)n1-c1ccc(F)cc1. The first-order valence-corrected chi connectivity index (χ1v) is 11.7. The van der Waals surface area contributed by atoms with Crippen LogP contribution in [0.1, 0.15) is 11.1 Å². The highest BCUT2D eigenvalue weighted by molar-refractivity contribution is 9.10. The number of hydrogen-bond donors (Lipinski definition) is 1. The smallest absolute Gasteiger partial charge is 0.234 e. The molecule has 0 aliphatic carbocycles. The number of aromatic nitrogens is 3. The van der Waals surface area contributed by atoms with Crippen LogP contribution in [0.4, 0.5) is 10.1 Å². The van der Waals surface area contributed by atoms with Crippen LogP contribution in [0.5, 0.6) is 0 Å². The van der Waals surface area contributed by atoms with E-state index in [1.54, 1.807) is 12.1 Å². The van der Waals surface area contributed by atoms with E-state index in [0.717, 1.165) is 32.5 Å². The lowest BCUT2D eigenvalue weighted by Gasteiger charge is -2.13. The van der Waals surface area contributed by atoms with Gasteiger partial charge in [-0.25, -0.2) is 4.39 Å². The van der Waals surface area contributed by atoms with Gasteiger partial charge in [-0.3, -0.25) is 9.36 Å². The zero-order valence-electron chi connectivity index (χ0n) is 17.5. The number of nitrogens with zero attached hydrogens (tertiary/aromatic N) is 3. The van der Waals surface area contributed by atoms with Gasteiger partial charge in [-0.2, -0.15) is 0 Å². The maximum atomic E-state index is 13.5. The van der Waals surface area contributed by atoms with Crippen LogP contribution < -0.4 is 5.32 Å². The van der Waals surface area contributed by atoms with Gasteiger partial charge in [0.25, 0.3) is 0 Å². The van der Waals surface area contributed by atoms with Gasteiger partial charge in [-0.1, -0.05) is 58.0 Å². The molecule has 0 spiro atoms. The second-order valence-electron chi connectivity index (χ2n) is 7.24. The Morgan fingerprint density at radius 3 is 2.34 bits per heavy atom. The third-order valence-electron chi connectivity index (χ3n) is 4.84. The average molecular weight is 511 g/mol. The van der Waals surface area contributed by atoms with Gasteiger partial charge in [0.15, 0.2) is 11.0 Å². The highest BCUT2D eigenvalue weighted by Crippen LogP contribution is 2.29. The zero-order valence-corrected chi connectivity index (χ0v) is 19.9. The Bertz CT molecular complexity index is 1240. The fraction of sp³-hybridized carbons (Fsp3) is 0.125. The van der Waals surface area contributed by atoms with Gasteiger partial charge in [0.05, 0.1) is 5.75 Å². The molecule has 0 saturated heterocycles. The van der Waals surface area contributed by atoms with Crippen molar-refractivity contribution in [3.05, 3.63) is 88.1 Å². The van der Waals surface area contributed by atoms with Gasteiger partial charge in [-0.15, -0.1) is 10.2 Å². The predicted molar refractivity (Wildman–Crippen MR) is 130 cm³/mol. The summed E-state index contributed by atoms with van der Waals surface area (Å²) in [4.78, 5) is 12.7. The van der Waals surface area contributed by atoms with Crippen molar-refractivity contribution in [1.29, 1.82) is 0 Å². The van der Waals surface area contributed by atoms with E-state index in [2.05, 4.69) is 31.4 Å². The third-order valence-corrected chi connectivity index (χ3v) is 6.23. The Hall–Kier alpha value is -2.97. The summed E-state index contributed by atoms with van der Waals surface area (Å²) in [5.74, 6) is 0.318. The van der Waals surface area contributed by atoms with Gasteiger partial charge in [0, 0.05) is 21.4 Å². The molecule has 0 radical (unpaired) electrons. The minimum atomic E-state index is -0.322. The maximum Gasteiger partial charge on any atom is 0.234 e. The summed E-state index contributed by atoms with van der Waals surface area (Å²) in [6, 6.07) is 19.7. The molecule has 5 nitrogen and oxygen atoms in total. The maximum absolute atomic E-state index is 13.5. The molecule has 32 heavy (non-hydrogen) atoms. The van der Waals surface area contributed by atoms with Gasteiger partial charge in [0.1, 0.15) is 5.82 Å². The van der Waals surface area contributed by atoms with Crippen molar-refractivity contribution in [3.8, 4) is 17.1 Å². The van der Waals surface area contributed by atoms with E-state index < -0.39 is 0 Å². The van der Waals surface area contributed by atoms with Crippen LogP contribution in [0.25, 0.3) is 17.1 Å². The minimum Gasteiger partial charge on any atom is -0.325 e. The molecule has 1 N–H and O–H groups in total. The van der Waals surface area contributed by atoms with Gasteiger partial charge >= 0.3 is 0 Å². The van der Waals surface area contributed by atoms with Crippen molar-refractivity contribution in [2.24, 2.45) is 0 Å². The molecule has 0 bridgehead atoms. The number of aryl methyl sites for hydroxylation is 2. The van der Waals surface area contributed by atoms with Gasteiger partial charge in [0.2, 0.25) is 5.91 Å². The van der Waals surface area contributed by atoms with E-state index in [-0.39, 0.29) is 17.5 Å². The second-order valence-corrected chi connectivity index (χ2v) is 9.09. The summed E-state index contributed by atoms with van der Waals surface area (Å²) in [5, 5.41) is 12.2. The number of halogens is 2. The molecule has 0 unspecified atom stereocenters. The van der Waals surface area contributed by atoms with E-state index in [1.165, 1.54) is 23.9 Å². The monoisotopic (exact) mass is 510 g/mol. The molecule has 0 saturated carbocycles. The molecule has 1 heterocycles. The summed E-state index contributed by atoms with van der Waals surface area (Å²) >= 11 is 4.75. The van der Waals surface area contributed by atoms with Crippen molar-refractivity contribution >= 4 is 39.3 Å². The number of anilines is 1. The number of amides is 1. The second kappa shape index (κ2) is 9.67. The minimum absolute atomic E-state index is 0.140. The van der Waals surface area contributed by atoms with Crippen molar-refractivity contribution in [2.45, 2.75) is 19.0 Å². The van der Waals surface area contributed by atoms with E-state index in [4.69, 9.17) is 0 Å². The van der Waals surface area contributed by atoms with Crippen LogP contribution in [0.15, 0.2) is 76.4 Å². The van der Waals surface area contributed by atoms with Crippen LogP contribution >= 0.6 is 27.7 Å². The third kappa shape index (κ3) is 4.92. The number of thioether (sulfide) groups is 1. The normalized spacial score (nSPS) is 10.9. The highest BCUT2D eigenvalue weighted by Gasteiger charge is 2.18. The molecule has 1 amide bonds. The first kappa shape index (κ1) is 22.2. The number of rotatable bonds is 6. The summed E-state index contributed by atoms with van der Waals surface area (Å²) in [5.41, 5.74) is 4.37. The number of hydrogen-bond acceptors (Lipinski definition) is 4. The quantitative estimate of drug-likeness (QED) is 0.314. The van der Waals surface area contributed by atoms with Crippen molar-refractivity contribution < 1.29 is 9.18 Å². The Morgan fingerprint density at radius 1 is 1.03 bits per heavy atom. The summed E-state index contributed by atoms with van der Waals surface area (Å²) < 4.78 is 16.3. The number of nitrogens with one attached hydrogen (secondary N) is 1. The lowest BCUT2D eigenvalue weighted by atomic mass is 10.1. The lowest BCUT2D eigenvalue weighted by molar-refractivity contribution is -0.113. The fourth-order valence-electron chi connectivity index (χ4n) is 3.37. The van der Waals surface area contributed by atoms with Gasteiger partial charge in [-0.05, 0) is 61.4 Å². The molecule has 0 atom stereocenters. The van der Waals surface area contributed by atoms with Crippen LogP contribution in [0.3, 0.4) is 0 Å². The first-order chi connectivity index (χ1) is 15.4. The van der Waals surface area contributed by atoms with Crippen LogP contribution in [0, 0.1) is 19.7 Å². The molecule has 0 aliphatic rings.